The van der Waals surface area contributed by atoms with Gasteiger partial charge < -0.3 is 14.8 Å². The quantitative estimate of drug-likeness (QED) is 0.503. The number of nitrogens with one attached hydrogen (secondary N) is 3. The minimum Gasteiger partial charge on any atom is -0.449 e. The Balaban J connectivity index is 1.59. The van der Waals surface area contributed by atoms with E-state index in [-0.39, 0.29) is 5.09 Å². The minimum atomic E-state index is -3.73. The number of carbonyl (C=O) groups is 1. The highest BCUT2D eigenvalue weighted by Gasteiger charge is 2.33. The lowest BCUT2D eigenvalue weighted by Crippen LogP contribution is -2.34. The van der Waals surface area contributed by atoms with Crippen molar-refractivity contribution in [3.63, 3.8) is 0 Å². The van der Waals surface area contributed by atoms with Crippen molar-refractivity contribution in [2.24, 2.45) is 5.92 Å². The van der Waals surface area contributed by atoms with Crippen LogP contribution in [0.25, 0.3) is 0 Å². The van der Waals surface area contributed by atoms with E-state index in [1.165, 1.54) is 24.5 Å². The van der Waals surface area contributed by atoms with Crippen molar-refractivity contribution in [2.45, 2.75) is 76.4 Å². The summed E-state index contributed by atoms with van der Waals surface area (Å²) < 4.78 is 29.0. The molecule has 0 saturated heterocycles. The number of anilines is 1. The van der Waals surface area contributed by atoms with Gasteiger partial charge in [-0.3, -0.25) is 0 Å². The molecule has 31 heavy (non-hydrogen) atoms. The van der Waals surface area contributed by atoms with Crippen molar-refractivity contribution in [1.29, 1.82) is 4.78 Å². The summed E-state index contributed by atoms with van der Waals surface area (Å²) in [6, 6.07) is 4.96. The summed E-state index contributed by atoms with van der Waals surface area (Å²) in [4.78, 5) is 12.8. The first-order valence-corrected chi connectivity index (χ1v) is 12.4. The molecule has 4 rings (SSSR count). The molecule has 0 bridgehead atoms. The van der Waals surface area contributed by atoms with Crippen LogP contribution in [0.5, 0.6) is 0 Å². The van der Waals surface area contributed by atoms with Crippen molar-refractivity contribution in [3.05, 3.63) is 46.2 Å². The average Bonchev–Trinajstić information content (AvgIpc) is 3.24. The number of benzene rings is 1. The molecule has 2 aromatic rings. The summed E-state index contributed by atoms with van der Waals surface area (Å²) >= 11 is 0. The number of urea groups is 1. The largest absolute Gasteiger partial charge is 0.449 e. The van der Waals surface area contributed by atoms with E-state index in [2.05, 4.69) is 29.1 Å². The fourth-order valence-corrected chi connectivity index (χ4v) is 5.52. The normalized spacial score (nSPS) is 18.9. The van der Waals surface area contributed by atoms with Gasteiger partial charge >= 0.3 is 6.03 Å². The standard InChI is InChI=1S/C23H31N3O4S/c1-13(15-8-9-15)17-11-10-16-6-5-7-18(16)21(17)25-22(27)26-31(24,29)20-12-19(14(2)30-20)23(3,4)28/h10-13,15,28H,5-9H2,1-4H3,(H3,24,25,26,27,29)/t13-,31?/m0/s1. The number of carbonyl (C=O) groups excluding carboxylic acids is 1. The van der Waals surface area contributed by atoms with Crippen LogP contribution in [0.4, 0.5) is 10.5 Å². The number of aliphatic hydroxyl groups is 1. The second kappa shape index (κ2) is 7.67. The van der Waals surface area contributed by atoms with Crippen LogP contribution in [0.1, 0.15) is 74.0 Å². The Bertz CT molecular complexity index is 1120. The summed E-state index contributed by atoms with van der Waals surface area (Å²) in [6.07, 6.45) is 5.34. The first-order chi connectivity index (χ1) is 14.5. The topological polar surface area (TPSA) is 115 Å². The van der Waals surface area contributed by atoms with Crippen LogP contribution in [0, 0.1) is 17.6 Å². The molecule has 2 aliphatic carbocycles. The van der Waals surface area contributed by atoms with Crippen LogP contribution in [0.2, 0.25) is 0 Å². The van der Waals surface area contributed by atoms with Crippen molar-refractivity contribution < 1.29 is 18.5 Å². The van der Waals surface area contributed by atoms with Gasteiger partial charge in [0, 0.05) is 17.3 Å². The molecule has 2 aliphatic rings. The Hall–Kier alpha value is -2.32. The van der Waals surface area contributed by atoms with E-state index in [4.69, 9.17) is 9.20 Å². The van der Waals surface area contributed by atoms with Gasteiger partial charge in [-0.15, -0.1) is 0 Å². The zero-order valence-corrected chi connectivity index (χ0v) is 19.3. The zero-order chi connectivity index (χ0) is 22.6. The molecule has 0 spiro atoms. The Morgan fingerprint density at radius 2 is 2.03 bits per heavy atom. The molecule has 4 N–H and O–H groups in total. The van der Waals surface area contributed by atoms with Crippen molar-refractivity contribution in [3.8, 4) is 0 Å². The molecule has 1 aromatic carbocycles. The number of fused-ring (bicyclic) bond motifs is 1. The molecule has 1 unspecified atom stereocenters. The molecule has 7 nitrogen and oxygen atoms in total. The predicted octanol–water partition coefficient (Wildman–Crippen LogP) is 4.96. The van der Waals surface area contributed by atoms with E-state index < -0.39 is 21.5 Å². The average molecular weight is 446 g/mol. The van der Waals surface area contributed by atoms with Crippen LogP contribution in [-0.4, -0.2) is 15.3 Å². The number of furan rings is 1. The number of hydrogen-bond acceptors (Lipinski definition) is 5. The number of hydrogen-bond donors (Lipinski definition) is 4. The summed E-state index contributed by atoms with van der Waals surface area (Å²) in [5, 5.41) is 13.0. The zero-order valence-electron chi connectivity index (χ0n) is 18.5. The third kappa shape index (κ3) is 4.36. The van der Waals surface area contributed by atoms with E-state index in [1.807, 2.05) is 0 Å². The number of amides is 2. The van der Waals surface area contributed by atoms with Gasteiger partial charge in [0.1, 0.15) is 5.76 Å². The van der Waals surface area contributed by atoms with Crippen molar-refractivity contribution in [1.82, 2.24) is 4.72 Å². The summed E-state index contributed by atoms with van der Waals surface area (Å²) in [7, 11) is -3.73. The first kappa shape index (κ1) is 21.9. The second-order valence-electron chi connectivity index (χ2n) is 9.35. The van der Waals surface area contributed by atoms with E-state index in [0.717, 1.165) is 36.1 Å². The van der Waals surface area contributed by atoms with Gasteiger partial charge in [-0.2, -0.15) is 0 Å². The lowest BCUT2D eigenvalue weighted by atomic mass is 9.91. The molecule has 2 atom stereocenters. The molecule has 2 amide bonds. The van der Waals surface area contributed by atoms with Crippen LogP contribution in [0.3, 0.4) is 0 Å². The van der Waals surface area contributed by atoms with E-state index in [9.17, 15) is 14.1 Å². The second-order valence-corrected chi connectivity index (χ2v) is 11.1. The highest BCUT2D eigenvalue weighted by atomic mass is 32.2. The maximum atomic E-state index is 13.0. The van der Waals surface area contributed by atoms with Crippen LogP contribution >= 0.6 is 0 Å². The molecule has 1 fully saturated rings. The molecule has 1 aromatic heterocycles. The molecular formula is C23H31N3O4S. The lowest BCUT2D eigenvalue weighted by molar-refractivity contribution is 0.0769. The van der Waals surface area contributed by atoms with Crippen molar-refractivity contribution in [2.75, 3.05) is 5.32 Å². The Kier molecular flexibility index (Phi) is 5.42. The Labute approximate surface area is 183 Å². The SMILES string of the molecule is Cc1oc(S(=N)(=O)NC(=O)Nc2c([C@@H](C)C3CC3)ccc3c2CCC3)cc1C(C)(C)O. The molecule has 8 heteroatoms. The Morgan fingerprint density at radius 3 is 2.65 bits per heavy atom. The minimum absolute atomic E-state index is 0.179. The Morgan fingerprint density at radius 1 is 1.32 bits per heavy atom. The molecule has 168 valence electrons. The molecule has 0 aliphatic heterocycles. The first-order valence-electron chi connectivity index (χ1n) is 10.8. The van der Waals surface area contributed by atoms with Crippen LogP contribution < -0.4 is 10.0 Å². The fourth-order valence-electron chi connectivity index (χ4n) is 4.59. The van der Waals surface area contributed by atoms with Crippen LogP contribution in [-0.2, 0) is 28.4 Å². The smallest absolute Gasteiger partial charge is 0.332 e. The molecule has 1 heterocycles. The van der Waals surface area contributed by atoms with Gasteiger partial charge in [0.2, 0.25) is 5.09 Å². The van der Waals surface area contributed by atoms with Gasteiger partial charge in [-0.25, -0.2) is 18.5 Å². The van der Waals surface area contributed by atoms with Gasteiger partial charge in [0.25, 0.3) is 0 Å². The monoisotopic (exact) mass is 445 g/mol. The third-order valence-corrected chi connectivity index (χ3v) is 7.69. The molecule has 1 saturated carbocycles. The molecule has 0 radical (unpaired) electrons. The van der Waals surface area contributed by atoms with Gasteiger partial charge in [-0.1, -0.05) is 19.1 Å². The van der Waals surface area contributed by atoms with E-state index in [0.29, 0.717) is 23.2 Å². The molecular weight excluding hydrogens is 414 g/mol. The van der Waals surface area contributed by atoms with E-state index in [1.54, 1.807) is 20.8 Å². The van der Waals surface area contributed by atoms with Gasteiger partial charge in [0.05, 0.1) is 5.60 Å². The third-order valence-electron chi connectivity index (χ3n) is 6.45. The van der Waals surface area contributed by atoms with Gasteiger partial charge in [-0.05, 0) is 81.4 Å². The van der Waals surface area contributed by atoms with Crippen molar-refractivity contribution >= 4 is 21.6 Å². The maximum absolute atomic E-state index is 13.0. The summed E-state index contributed by atoms with van der Waals surface area (Å²) in [5.41, 5.74) is 3.52. The predicted molar refractivity (Wildman–Crippen MR) is 120 cm³/mol. The fraction of sp³-hybridized carbons (Fsp3) is 0.522. The van der Waals surface area contributed by atoms with E-state index >= 15 is 0 Å². The number of rotatable bonds is 6. The van der Waals surface area contributed by atoms with Crippen LogP contribution in [0.15, 0.2) is 27.7 Å². The van der Waals surface area contributed by atoms with Gasteiger partial charge in [0.15, 0.2) is 9.92 Å². The maximum Gasteiger partial charge on any atom is 0.332 e. The summed E-state index contributed by atoms with van der Waals surface area (Å²) in [5.74, 6) is 1.34. The lowest BCUT2D eigenvalue weighted by Gasteiger charge is -2.20. The highest BCUT2D eigenvalue weighted by Crippen LogP contribution is 2.46. The summed E-state index contributed by atoms with van der Waals surface area (Å²) in [6.45, 7) is 6.98. The highest BCUT2D eigenvalue weighted by molar-refractivity contribution is 7.91. The number of aryl methyl sites for hydroxylation is 2.